The van der Waals surface area contributed by atoms with Crippen LogP contribution in [-0.2, 0) is 0 Å². The number of hydrogen-bond acceptors (Lipinski definition) is 3. The number of aliphatic hydroxyl groups is 1. The first kappa shape index (κ1) is 12.4. The molecule has 1 aromatic rings. The minimum Gasteiger partial charge on any atom is -0.508 e. The SMILES string of the molecule is Cc1ccc(O)c(C(CCO)N2CCCC2)c1. The van der Waals surface area contributed by atoms with Crippen molar-refractivity contribution in [3.8, 4) is 5.75 Å². The Kier molecular flexibility index (Phi) is 4.02. The fourth-order valence-electron chi connectivity index (χ4n) is 2.65. The topological polar surface area (TPSA) is 43.7 Å². The predicted octanol–water partition coefficient (Wildman–Crippen LogP) is 2.22. The third-order valence-corrected chi connectivity index (χ3v) is 3.53. The van der Waals surface area contributed by atoms with Crippen LogP contribution in [0.25, 0.3) is 0 Å². The summed E-state index contributed by atoms with van der Waals surface area (Å²) in [5, 5.41) is 19.2. The van der Waals surface area contributed by atoms with E-state index < -0.39 is 0 Å². The van der Waals surface area contributed by atoms with Crippen molar-refractivity contribution in [2.24, 2.45) is 0 Å². The number of phenols is 1. The molecular weight excluding hydrogens is 214 g/mol. The molecule has 0 aromatic heterocycles. The molecule has 1 atom stereocenters. The normalized spacial score (nSPS) is 18.5. The number of aromatic hydroxyl groups is 1. The number of phenolic OH excluding ortho intramolecular Hbond substituents is 1. The van der Waals surface area contributed by atoms with Crippen molar-refractivity contribution in [1.82, 2.24) is 4.90 Å². The lowest BCUT2D eigenvalue weighted by atomic mass is 9.99. The van der Waals surface area contributed by atoms with Gasteiger partial charge < -0.3 is 10.2 Å². The number of benzene rings is 1. The predicted molar refractivity (Wildman–Crippen MR) is 68.1 cm³/mol. The molecule has 1 fully saturated rings. The van der Waals surface area contributed by atoms with Crippen LogP contribution in [0.3, 0.4) is 0 Å². The van der Waals surface area contributed by atoms with Crippen molar-refractivity contribution in [1.29, 1.82) is 0 Å². The molecule has 1 aliphatic rings. The van der Waals surface area contributed by atoms with Crippen LogP contribution >= 0.6 is 0 Å². The van der Waals surface area contributed by atoms with Crippen LogP contribution in [-0.4, -0.2) is 34.8 Å². The summed E-state index contributed by atoms with van der Waals surface area (Å²) in [6, 6.07) is 5.86. The highest BCUT2D eigenvalue weighted by Gasteiger charge is 2.25. The summed E-state index contributed by atoms with van der Waals surface area (Å²) < 4.78 is 0. The third kappa shape index (κ3) is 2.79. The highest BCUT2D eigenvalue weighted by molar-refractivity contribution is 5.38. The molecule has 2 rings (SSSR count). The average molecular weight is 235 g/mol. The van der Waals surface area contributed by atoms with Crippen molar-refractivity contribution >= 4 is 0 Å². The van der Waals surface area contributed by atoms with E-state index in [0.29, 0.717) is 12.2 Å². The van der Waals surface area contributed by atoms with Crippen molar-refractivity contribution in [2.45, 2.75) is 32.2 Å². The maximum Gasteiger partial charge on any atom is 0.120 e. The van der Waals surface area contributed by atoms with Gasteiger partial charge in [0.2, 0.25) is 0 Å². The largest absolute Gasteiger partial charge is 0.508 e. The lowest BCUT2D eigenvalue weighted by molar-refractivity contribution is 0.182. The van der Waals surface area contributed by atoms with Crippen LogP contribution in [0.4, 0.5) is 0 Å². The lowest BCUT2D eigenvalue weighted by Gasteiger charge is -2.28. The highest BCUT2D eigenvalue weighted by Crippen LogP contribution is 2.33. The number of aryl methyl sites for hydroxylation is 1. The van der Waals surface area contributed by atoms with Crippen molar-refractivity contribution in [2.75, 3.05) is 19.7 Å². The Morgan fingerprint density at radius 3 is 2.65 bits per heavy atom. The third-order valence-electron chi connectivity index (χ3n) is 3.53. The fraction of sp³-hybridized carbons (Fsp3) is 0.571. The number of hydrogen-bond donors (Lipinski definition) is 2. The molecule has 94 valence electrons. The standard InChI is InChI=1S/C14H21NO2/c1-11-4-5-14(17)12(10-11)13(6-9-16)15-7-2-3-8-15/h4-5,10,13,16-17H,2-3,6-9H2,1H3. The van der Waals surface area contributed by atoms with E-state index in [-0.39, 0.29) is 12.6 Å². The van der Waals surface area contributed by atoms with Crippen molar-refractivity contribution in [3.05, 3.63) is 29.3 Å². The zero-order chi connectivity index (χ0) is 12.3. The molecule has 0 amide bonds. The van der Waals surface area contributed by atoms with E-state index in [1.807, 2.05) is 19.1 Å². The van der Waals surface area contributed by atoms with Crippen LogP contribution < -0.4 is 0 Å². The van der Waals surface area contributed by atoms with E-state index in [0.717, 1.165) is 24.2 Å². The Labute approximate surface area is 103 Å². The molecule has 1 aromatic carbocycles. The monoisotopic (exact) mass is 235 g/mol. The summed E-state index contributed by atoms with van der Waals surface area (Å²) >= 11 is 0. The van der Waals surface area contributed by atoms with E-state index in [1.54, 1.807) is 6.07 Å². The maximum absolute atomic E-state index is 9.98. The lowest BCUT2D eigenvalue weighted by Crippen LogP contribution is -2.26. The molecule has 0 radical (unpaired) electrons. The molecule has 1 saturated heterocycles. The molecule has 0 saturated carbocycles. The Hall–Kier alpha value is -1.06. The molecule has 2 N–H and O–H groups in total. The van der Waals surface area contributed by atoms with Gasteiger partial charge in [-0.3, -0.25) is 4.90 Å². The zero-order valence-electron chi connectivity index (χ0n) is 10.4. The number of rotatable bonds is 4. The van der Waals surface area contributed by atoms with Crippen LogP contribution in [0.15, 0.2) is 18.2 Å². The molecule has 1 unspecified atom stereocenters. The van der Waals surface area contributed by atoms with Gasteiger partial charge in [-0.2, -0.15) is 0 Å². The summed E-state index contributed by atoms with van der Waals surface area (Å²) in [4.78, 5) is 2.37. The fourth-order valence-corrected chi connectivity index (χ4v) is 2.65. The maximum atomic E-state index is 9.98. The van der Waals surface area contributed by atoms with Gasteiger partial charge in [0.05, 0.1) is 0 Å². The zero-order valence-corrected chi connectivity index (χ0v) is 10.4. The van der Waals surface area contributed by atoms with Crippen LogP contribution in [0.1, 0.15) is 36.4 Å². The highest BCUT2D eigenvalue weighted by atomic mass is 16.3. The second kappa shape index (κ2) is 5.52. The molecule has 0 spiro atoms. The molecule has 3 heteroatoms. The molecule has 17 heavy (non-hydrogen) atoms. The summed E-state index contributed by atoms with van der Waals surface area (Å²) in [6.07, 6.45) is 3.13. The number of nitrogens with zero attached hydrogens (tertiary/aromatic N) is 1. The molecule has 0 bridgehead atoms. The van der Waals surface area contributed by atoms with Gasteiger partial charge in [0.15, 0.2) is 0 Å². The van der Waals surface area contributed by atoms with E-state index in [2.05, 4.69) is 4.90 Å². The van der Waals surface area contributed by atoms with Gasteiger partial charge in [-0.1, -0.05) is 17.7 Å². The summed E-state index contributed by atoms with van der Waals surface area (Å²) in [5.41, 5.74) is 2.11. The van der Waals surface area contributed by atoms with Gasteiger partial charge in [0.25, 0.3) is 0 Å². The first-order chi connectivity index (χ1) is 8.22. The molecule has 1 heterocycles. The van der Waals surface area contributed by atoms with E-state index >= 15 is 0 Å². The van der Waals surface area contributed by atoms with Crippen LogP contribution in [0.2, 0.25) is 0 Å². The van der Waals surface area contributed by atoms with Gasteiger partial charge in [-0.15, -0.1) is 0 Å². The number of aliphatic hydroxyl groups excluding tert-OH is 1. The van der Waals surface area contributed by atoms with Crippen molar-refractivity contribution in [3.63, 3.8) is 0 Å². The second-order valence-corrected chi connectivity index (χ2v) is 4.83. The quantitative estimate of drug-likeness (QED) is 0.841. The summed E-state index contributed by atoms with van der Waals surface area (Å²) in [5.74, 6) is 0.348. The van der Waals surface area contributed by atoms with Gasteiger partial charge in [-0.25, -0.2) is 0 Å². The van der Waals surface area contributed by atoms with E-state index in [4.69, 9.17) is 0 Å². The number of likely N-dealkylation sites (tertiary alicyclic amines) is 1. The van der Waals surface area contributed by atoms with E-state index in [1.165, 1.54) is 12.8 Å². The van der Waals surface area contributed by atoms with Crippen molar-refractivity contribution < 1.29 is 10.2 Å². The minimum absolute atomic E-state index is 0.155. The van der Waals surface area contributed by atoms with E-state index in [9.17, 15) is 10.2 Å². The van der Waals surface area contributed by atoms with Crippen LogP contribution in [0, 0.1) is 6.92 Å². The first-order valence-electron chi connectivity index (χ1n) is 6.37. The summed E-state index contributed by atoms with van der Waals surface area (Å²) in [7, 11) is 0. The van der Waals surface area contributed by atoms with Gasteiger partial charge in [0, 0.05) is 18.2 Å². The van der Waals surface area contributed by atoms with Crippen LogP contribution in [0.5, 0.6) is 5.75 Å². The second-order valence-electron chi connectivity index (χ2n) is 4.83. The minimum atomic E-state index is 0.155. The Balaban J connectivity index is 2.27. The molecule has 0 aliphatic carbocycles. The summed E-state index contributed by atoms with van der Waals surface area (Å²) in [6.45, 7) is 4.33. The molecular formula is C14H21NO2. The smallest absolute Gasteiger partial charge is 0.120 e. The molecule has 1 aliphatic heterocycles. The van der Waals surface area contributed by atoms with Gasteiger partial charge >= 0.3 is 0 Å². The Morgan fingerprint density at radius 2 is 2.00 bits per heavy atom. The Bertz CT molecular complexity index is 372. The van der Waals surface area contributed by atoms with Gasteiger partial charge in [0.1, 0.15) is 5.75 Å². The Morgan fingerprint density at radius 1 is 1.29 bits per heavy atom. The average Bonchev–Trinajstić information content (AvgIpc) is 2.83. The van der Waals surface area contributed by atoms with Gasteiger partial charge in [-0.05, 0) is 45.3 Å². The first-order valence-corrected chi connectivity index (χ1v) is 6.37. The molecule has 3 nitrogen and oxygen atoms in total.